The highest BCUT2D eigenvalue weighted by Crippen LogP contribution is 2.32. The highest BCUT2D eigenvalue weighted by Gasteiger charge is 2.46. The molecule has 4 heterocycles. The van der Waals surface area contributed by atoms with Gasteiger partial charge in [0.1, 0.15) is 22.9 Å². The largest absolute Gasteiger partial charge is 0.347 e. The Morgan fingerprint density at radius 3 is 2.47 bits per heavy atom. The summed E-state index contributed by atoms with van der Waals surface area (Å²) in [4.78, 5) is 42.4. The van der Waals surface area contributed by atoms with E-state index in [0.29, 0.717) is 47.2 Å². The highest BCUT2D eigenvalue weighted by atomic mass is 19.1. The zero-order chi connectivity index (χ0) is 27.6. The normalized spacial score (nSPS) is 15.9. The summed E-state index contributed by atoms with van der Waals surface area (Å²) in [6, 6.07) is 6.92. The summed E-state index contributed by atoms with van der Waals surface area (Å²) in [6.45, 7) is 13.8. The third-order valence-corrected chi connectivity index (χ3v) is 7.12. The number of nitrogens with zero attached hydrogens (tertiary/aromatic N) is 6. The number of hydrogen-bond donors (Lipinski definition) is 1. The summed E-state index contributed by atoms with van der Waals surface area (Å²) in [5.74, 6) is 0.376. The number of amides is 2. The number of benzene rings is 1. The maximum absolute atomic E-state index is 14.3. The molecule has 1 fully saturated rings. The Morgan fingerprint density at radius 2 is 1.84 bits per heavy atom. The molecule has 0 radical (unpaired) electrons. The first kappa shape index (κ1) is 25.6. The molecule has 3 aromatic heterocycles. The van der Waals surface area contributed by atoms with Crippen LogP contribution in [0.3, 0.4) is 0 Å². The Bertz CT molecular complexity index is 1580. The number of piperazine rings is 1. The van der Waals surface area contributed by atoms with Gasteiger partial charge in [-0.1, -0.05) is 32.9 Å². The van der Waals surface area contributed by atoms with Crippen molar-refractivity contribution in [1.29, 1.82) is 0 Å². The fourth-order valence-electron chi connectivity index (χ4n) is 4.81. The number of fused-ring (bicyclic) bond motifs is 1. The molecule has 1 aliphatic rings. The fraction of sp³-hybridized carbons (Fsp3) is 0.393. The fourth-order valence-corrected chi connectivity index (χ4v) is 4.81. The van der Waals surface area contributed by atoms with Crippen LogP contribution in [0.1, 0.15) is 62.1 Å². The summed E-state index contributed by atoms with van der Waals surface area (Å²) < 4.78 is 15.9. The molecule has 0 bridgehead atoms. The van der Waals surface area contributed by atoms with Gasteiger partial charge in [-0.15, -0.1) is 0 Å². The van der Waals surface area contributed by atoms with Gasteiger partial charge in [0.2, 0.25) is 0 Å². The lowest BCUT2D eigenvalue weighted by molar-refractivity contribution is -0.129. The van der Waals surface area contributed by atoms with E-state index in [0.717, 1.165) is 5.56 Å². The number of carbonyl (C=O) groups excluding carboxylic acids is 2. The Morgan fingerprint density at radius 1 is 1.11 bits per heavy atom. The molecule has 1 aliphatic heterocycles. The number of anilines is 1. The standard InChI is InChI=1S/C28H32FN7O2/c1-16-8-9-18(12-20(16)29)21-13-19(27(3,4)5)24-32-22(15-36(24)33-21)25(37)35-11-10-34(26(38)28(35,6)7)23-14-30-17(2)31-23/h8-9,12-15H,10-11H2,1-7H3,(H,30,31). The lowest BCUT2D eigenvalue weighted by Gasteiger charge is -2.44. The molecule has 0 unspecified atom stereocenters. The first-order chi connectivity index (χ1) is 17.8. The molecule has 1 aromatic carbocycles. The van der Waals surface area contributed by atoms with Crippen LogP contribution >= 0.6 is 0 Å². The molecule has 9 nitrogen and oxygen atoms in total. The van der Waals surface area contributed by atoms with E-state index in [1.165, 1.54) is 6.07 Å². The van der Waals surface area contributed by atoms with Gasteiger partial charge in [-0.2, -0.15) is 5.10 Å². The smallest absolute Gasteiger partial charge is 0.275 e. The maximum atomic E-state index is 14.3. The van der Waals surface area contributed by atoms with Gasteiger partial charge < -0.3 is 9.88 Å². The van der Waals surface area contributed by atoms with Gasteiger partial charge in [0.25, 0.3) is 11.8 Å². The molecule has 0 atom stereocenters. The van der Waals surface area contributed by atoms with E-state index in [1.54, 1.807) is 53.5 Å². The summed E-state index contributed by atoms with van der Waals surface area (Å²) in [7, 11) is 0. The lowest BCUT2D eigenvalue weighted by Crippen LogP contribution is -2.65. The minimum absolute atomic E-state index is 0.195. The number of rotatable bonds is 3. The average Bonchev–Trinajstić information content (AvgIpc) is 3.47. The lowest BCUT2D eigenvalue weighted by atomic mass is 9.87. The van der Waals surface area contributed by atoms with E-state index in [9.17, 15) is 14.0 Å². The minimum atomic E-state index is -1.11. The topological polar surface area (TPSA) is 99.5 Å². The zero-order valence-corrected chi connectivity index (χ0v) is 22.8. The summed E-state index contributed by atoms with van der Waals surface area (Å²) in [5, 5.41) is 4.67. The molecule has 0 saturated carbocycles. The van der Waals surface area contributed by atoms with Gasteiger partial charge >= 0.3 is 0 Å². The van der Waals surface area contributed by atoms with Gasteiger partial charge in [0.15, 0.2) is 11.5 Å². The second-order valence-corrected chi connectivity index (χ2v) is 11.4. The van der Waals surface area contributed by atoms with Gasteiger partial charge in [0, 0.05) is 30.4 Å². The van der Waals surface area contributed by atoms with Crippen LogP contribution in [-0.4, -0.2) is 59.9 Å². The van der Waals surface area contributed by atoms with Crippen molar-refractivity contribution >= 4 is 23.3 Å². The van der Waals surface area contributed by atoms with Crippen LogP contribution < -0.4 is 4.90 Å². The van der Waals surface area contributed by atoms with Crippen molar-refractivity contribution in [3.05, 3.63) is 65.1 Å². The first-order valence-electron chi connectivity index (χ1n) is 12.6. The average molecular weight is 518 g/mol. The van der Waals surface area contributed by atoms with Gasteiger partial charge in [-0.25, -0.2) is 18.9 Å². The molecular formula is C28H32FN7O2. The van der Waals surface area contributed by atoms with Crippen LogP contribution in [0.2, 0.25) is 0 Å². The quantitative estimate of drug-likeness (QED) is 0.433. The molecule has 0 spiro atoms. The van der Waals surface area contributed by atoms with E-state index >= 15 is 0 Å². The number of aromatic amines is 1. The van der Waals surface area contributed by atoms with Gasteiger partial charge in [-0.3, -0.25) is 14.5 Å². The van der Waals surface area contributed by atoms with Gasteiger partial charge in [0.05, 0.1) is 11.9 Å². The van der Waals surface area contributed by atoms with Crippen LogP contribution in [0.25, 0.3) is 16.9 Å². The van der Waals surface area contributed by atoms with Crippen molar-refractivity contribution in [2.45, 2.75) is 59.4 Å². The molecule has 10 heteroatoms. The van der Waals surface area contributed by atoms with Crippen LogP contribution in [0.15, 0.2) is 36.7 Å². The van der Waals surface area contributed by atoms with Gasteiger partial charge in [-0.05, 0) is 50.8 Å². The number of hydrogen-bond acceptors (Lipinski definition) is 5. The number of aromatic nitrogens is 5. The number of H-pyrrole nitrogens is 1. The maximum Gasteiger partial charge on any atom is 0.275 e. The Kier molecular flexibility index (Phi) is 5.89. The van der Waals surface area contributed by atoms with Crippen molar-refractivity contribution in [1.82, 2.24) is 29.5 Å². The summed E-state index contributed by atoms with van der Waals surface area (Å²) in [5.41, 5.74) is 1.96. The second kappa shape index (κ2) is 8.75. The zero-order valence-electron chi connectivity index (χ0n) is 22.8. The molecular weight excluding hydrogens is 485 g/mol. The minimum Gasteiger partial charge on any atom is -0.347 e. The predicted molar refractivity (Wildman–Crippen MR) is 143 cm³/mol. The van der Waals surface area contributed by atoms with E-state index in [1.807, 2.05) is 19.1 Å². The molecule has 0 aliphatic carbocycles. The van der Waals surface area contributed by atoms with Crippen LogP contribution in [0.4, 0.5) is 10.2 Å². The number of aryl methyl sites for hydroxylation is 2. The van der Waals surface area contributed by atoms with E-state index in [2.05, 4.69) is 40.8 Å². The van der Waals surface area contributed by atoms with E-state index < -0.39 is 5.54 Å². The highest BCUT2D eigenvalue weighted by molar-refractivity contribution is 6.05. The molecule has 1 N–H and O–H groups in total. The first-order valence-corrected chi connectivity index (χ1v) is 12.6. The van der Waals surface area contributed by atoms with Crippen LogP contribution in [-0.2, 0) is 10.2 Å². The van der Waals surface area contributed by atoms with Crippen molar-refractivity contribution in [2.75, 3.05) is 18.0 Å². The summed E-state index contributed by atoms with van der Waals surface area (Å²) in [6.07, 6.45) is 3.28. The third kappa shape index (κ3) is 4.23. The predicted octanol–water partition coefficient (Wildman–Crippen LogP) is 4.44. The number of nitrogens with one attached hydrogen (secondary N) is 1. The third-order valence-electron chi connectivity index (χ3n) is 7.12. The number of carbonyl (C=O) groups is 2. The summed E-state index contributed by atoms with van der Waals surface area (Å²) >= 11 is 0. The molecule has 5 rings (SSSR count). The number of halogens is 1. The van der Waals surface area contributed by atoms with E-state index in [4.69, 9.17) is 0 Å². The monoisotopic (exact) mass is 517 g/mol. The second-order valence-electron chi connectivity index (χ2n) is 11.4. The SMILES string of the molecule is Cc1nc(N2CCN(C(=O)c3cn4nc(-c5ccc(C)c(F)c5)cc(C(C)(C)C)c4n3)C(C)(C)C2=O)c[nH]1. The van der Waals surface area contributed by atoms with Crippen molar-refractivity contribution in [3.63, 3.8) is 0 Å². The van der Waals surface area contributed by atoms with E-state index in [-0.39, 0.29) is 28.7 Å². The number of imidazole rings is 2. The molecule has 38 heavy (non-hydrogen) atoms. The molecule has 1 saturated heterocycles. The molecule has 4 aromatic rings. The Balaban J connectivity index is 1.53. The molecule has 2 amide bonds. The van der Waals surface area contributed by atoms with Crippen molar-refractivity contribution in [2.24, 2.45) is 0 Å². The Hall–Kier alpha value is -4.08. The van der Waals surface area contributed by atoms with Crippen LogP contribution in [0.5, 0.6) is 0 Å². The van der Waals surface area contributed by atoms with Crippen molar-refractivity contribution < 1.29 is 14.0 Å². The van der Waals surface area contributed by atoms with Crippen LogP contribution in [0, 0.1) is 19.7 Å². The molecule has 198 valence electrons. The Labute approximate surface area is 220 Å². The van der Waals surface area contributed by atoms with Crippen molar-refractivity contribution in [3.8, 4) is 11.3 Å².